The molecule has 0 fully saturated rings. The molecule has 1 aromatic carbocycles. The van der Waals surface area contributed by atoms with Gasteiger partial charge in [0.05, 0.1) is 16.6 Å². The van der Waals surface area contributed by atoms with Crippen LogP contribution < -0.4 is 0 Å². The fourth-order valence-corrected chi connectivity index (χ4v) is 1.94. The molecule has 0 amide bonds. The molecule has 0 aliphatic heterocycles. The zero-order valence-corrected chi connectivity index (χ0v) is 10.2. The lowest BCUT2D eigenvalue weighted by molar-refractivity contribution is -0.384. The van der Waals surface area contributed by atoms with Crippen LogP contribution in [-0.4, -0.2) is 14.6 Å². The number of benzene rings is 1. The molecular formula is C12H11ClN2O3. The molecule has 0 atom stereocenters. The van der Waals surface area contributed by atoms with E-state index >= 15 is 0 Å². The first kappa shape index (κ1) is 12.6. The van der Waals surface area contributed by atoms with E-state index in [0.29, 0.717) is 11.6 Å². The van der Waals surface area contributed by atoms with Crippen molar-refractivity contribution in [3.05, 3.63) is 62.9 Å². The molecule has 0 spiro atoms. The summed E-state index contributed by atoms with van der Waals surface area (Å²) in [7, 11) is 0. The van der Waals surface area contributed by atoms with Crippen molar-refractivity contribution in [2.75, 3.05) is 0 Å². The molecule has 0 aliphatic carbocycles. The van der Waals surface area contributed by atoms with Crippen LogP contribution in [0.5, 0.6) is 0 Å². The summed E-state index contributed by atoms with van der Waals surface area (Å²) >= 11 is 6.01. The van der Waals surface area contributed by atoms with Gasteiger partial charge in [0.1, 0.15) is 0 Å². The highest BCUT2D eigenvalue weighted by Crippen LogP contribution is 2.23. The second-order valence-corrected chi connectivity index (χ2v) is 4.23. The van der Waals surface area contributed by atoms with E-state index in [1.54, 1.807) is 12.1 Å². The number of non-ortho nitro benzene ring substituents is 1. The molecule has 1 aromatic heterocycles. The van der Waals surface area contributed by atoms with E-state index < -0.39 is 4.92 Å². The maximum atomic E-state index is 10.6. The van der Waals surface area contributed by atoms with Gasteiger partial charge in [0.25, 0.3) is 5.69 Å². The van der Waals surface area contributed by atoms with Crippen molar-refractivity contribution >= 4 is 17.3 Å². The summed E-state index contributed by atoms with van der Waals surface area (Å²) in [6.07, 6.45) is 1.82. The molecular weight excluding hydrogens is 256 g/mol. The standard InChI is InChI=1S/C12H11ClN2O3/c13-12-6-10(15(17)18)4-3-9(12)7-14-5-1-2-11(14)8-16/h1-6,16H,7-8H2. The van der Waals surface area contributed by atoms with Crippen LogP contribution in [0.3, 0.4) is 0 Å². The van der Waals surface area contributed by atoms with Gasteiger partial charge in [-0.25, -0.2) is 0 Å². The Kier molecular flexibility index (Phi) is 3.64. The van der Waals surface area contributed by atoms with E-state index in [4.69, 9.17) is 16.7 Å². The number of aliphatic hydroxyl groups excluding tert-OH is 1. The Hall–Kier alpha value is -1.85. The number of hydrogen-bond donors (Lipinski definition) is 1. The summed E-state index contributed by atoms with van der Waals surface area (Å²) in [6, 6.07) is 8.01. The van der Waals surface area contributed by atoms with Gasteiger partial charge in [-0.2, -0.15) is 0 Å². The summed E-state index contributed by atoms with van der Waals surface area (Å²) in [5.41, 5.74) is 1.51. The second kappa shape index (κ2) is 5.20. The van der Waals surface area contributed by atoms with E-state index in [1.807, 2.05) is 16.8 Å². The third-order valence-electron chi connectivity index (χ3n) is 2.67. The molecule has 94 valence electrons. The molecule has 6 heteroatoms. The Balaban J connectivity index is 2.27. The molecule has 0 aliphatic rings. The minimum Gasteiger partial charge on any atom is -0.390 e. The highest BCUT2D eigenvalue weighted by atomic mass is 35.5. The average molecular weight is 267 g/mol. The topological polar surface area (TPSA) is 68.3 Å². The molecule has 5 nitrogen and oxygen atoms in total. The van der Waals surface area contributed by atoms with Gasteiger partial charge in [-0.15, -0.1) is 0 Å². The zero-order chi connectivity index (χ0) is 13.1. The summed E-state index contributed by atoms with van der Waals surface area (Å²) in [5.74, 6) is 0. The SMILES string of the molecule is O=[N+]([O-])c1ccc(Cn2cccc2CO)c(Cl)c1. The lowest BCUT2D eigenvalue weighted by Gasteiger charge is -2.09. The molecule has 2 rings (SSSR count). The first-order chi connectivity index (χ1) is 8.61. The van der Waals surface area contributed by atoms with Gasteiger partial charge < -0.3 is 9.67 Å². The number of nitrogens with zero attached hydrogens (tertiary/aromatic N) is 2. The number of aliphatic hydroxyl groups is 1. The monoisotopic (exact) mass is 266 g/mol. The van der Waals surface area contributed by atoms with E-state index in [9.17, 15) is 10.1 Å². The maximum Gasteiger partial charge on any atom is 0.270 e. The van der Waals surface area contributed by atoms with Crippen LogP contribution in [0.1, 0.15) is 11.3 Å². The van der Waals surface area contributed by atoms with E-state index in [2.05, 4.69) is 0 Å². The summed E-state index contributed by atoms with van der Waals surface area (Å²) < 4.78 is 1.84. The number of nitro benzene ring substituents is 1. The fourth-order valence-electron chi connectivity index (χ4n) is 1.71. The van der Waals surface area contributed by atoms with Gasteiger partial charge in [-0.1, -0.05) is 11.6 Å². The van der Waals surface area contributed by atoms with Crippen LogP contribution in [0.25, 0.3) is 0 Å². The Morgan fingerprint density at radius 2 is 2.17 bits per heavy atom. The quantitative estimate of drug-likeness (QED) is 0.683. The van der Waals surface area contributed by atoms with Crippen molar-refractivity contribution < 1.29 is 10.0 Å². The molecule has 0 radical (unpaired) electrons. The summed E-state index contributed by atoms with van der Waals surface area (Å²) in [6.45, 7) is 0.414. The van der Waals surface area contributed by atoms with Crippen LogP contribution in [0, 0.1) is 10.1 Å². The first-order valence-corrected chi connectivity index (χ1v) is 5.67. The number of nitro groups is 1. The fraction of sp³-hybridized carbons (Fsp3) is 0.167. The maximum absolute atomic E-state index is 10.6. The number of halogens is 1. The Morgan fingerprint density at radius 1 is 1.39 bits per heavy atom. The van der Waals surface area contributed by atoms with Crippen LogP contribution in [-0.2, 0) is 13.2 Å². The third kappa shape index (κ3) is 2.52. The molecule has 18 heavy (non-hydrogen) atoms. The van der Waals surface area contributed by atoms with E-state index in [0.717, 1.165) is 11.3 Å². The molecule has 1 heterocycles. The number of rotatable bonds is 4. The van der Waals surface area contributed by atoms with Gasteiger partial charge >= 0.3 is 0 Å². The van der Waals surface area contributed by atoms with Gasteiger partial charge in [-0.05, 0) is 23.8 Å². The van der Waals surface area contributed by atoms with Crippen molar-refractivity contribution in [3.63, 3.8) is 0 Å². The minimum atomic E-state index is -0.482. The van der Waals surface area contributed by atoms with Gasteiger partial charge in [0.15, 0.2) is 0 Å². The van der Waals surface area contributed by atoms with E-state index in [1.165, 1.54) is 12.1 Å². The molecule has 0 unspecified atom stereocenters. The van der Waals surface area contributed by atoms with Crippen molar-refractivity contribution in [2.45, 2.75) is 13.2 Å². The molecule has 0 bridgehead atoms. The normalized spacial score (nSPS) is 10.6. The molecule has 0 saturated carbocycles. The number of hydrogen-bond acceptors (Lipinski definition) is 3. The third-order valence-corrected chi connectivity index (χ3v) is 3.03. The van der Waals surface area contributed by atoms with Crippen LogP contribution >= 0.6 is 11.6 Å². The minimum absolute atomic E-state index is 0.0290. The highest BCUT2D eigenvalue weighted by molar-refractivity contribution is 6.31. The van der Waals surface area contributed by atoms with Crippen LogP contribution in [0.15, 0.2) is 36.5 Å². The van der Waals surface area contributed by atoms with Crippen LogP contribution in [0.2, 0.25) is 5.02 Å². The highest BCUT2D eigenvalue weighted by Gasteiger charge is 2.10. The Morgan fingerprint density at radius 3 is 2.78 bits per heavy atom. The van der Waals surface area contributed by atoms with Crippen molar-refractivity contribution in [2.24, 2.45) is 0 Å². The zero-order valence-electron chi connectivity index (χ0n) is 9.41. The van der Waals surface area contributed by atoms with Crippen molar-refractivity contribution in [1.29, 1.82) is 0 Å². The smallest absolute Gasteiger partial charge is 0.270 e. The first-order valence-electron chi connectivity index (χ1n) is 5.29. The van der Waals surface area contributed by atoms with Gasteiger partial charge in [0, 0.05) is 30.6 Å². The number of aromatic nitrogens is 1. The molecule has 2 aromatic rings. The lowest BCUT2D eigenvalue weighted by atomic mass is 10.2. The lowest BCUT2D eigenvalue weighted by Crippen LogP contribution is -2.03. The molecule has 1 N–H and O–H groups in total. The Labute approximate surface area is 108 Å². The largest absolute Gasteiger partial charge is 0.390 e. The van der Waals surface area contributed by atoms with Gasteiger partial charge in [-0.3, -0.25) is 10.1 Å². The van der Waals surface area contributed by atoms with Gasteiger partial charge in [0.2, 0.25) is 0 Å². The predicted molar refractivity (Wildman–Crippen MR) is 67.6 cm³/mol. The van der Waals surface area contributed by atoms with Crippen molar-refractivity contribution in [1.82, 2.24) is 4.57 Å². The molecule has 0 saturated heterocycles. The predicted octanol–water partition coefficient (Wildman–Crippen LogP) is 2.59. The second-order valence-electron chi connectivity index (χ2n) is 3.82. The average Bonchev–Trinajstić information content (AvgIpc) is 2.78. The van der Waals surface area contributed by atoms with Crippen LogP contribution in [0.4, 0.5) is 5.69 Å². The summed E-state index contributed by atoms with van der Waals surface area (Å²) in [4.78, 5) is 10.1. The summed E-state index contributed by atoms with van der Waals surface area (Å²) in [5, 5.41) is 20.1. The Bertz CT molecular complexity index is 580. The van der Waals surface area contributed by atoms with Crippen molar-refractivity contribution in [3.8, 4) is 0 Å². The van der Waals surface area contributed by atoms with E-state index in [-0.39, 0.29) is 12.3 Å².